The molecule has 17 heavy (non-hydrogen) atoms. The molecule has 1 unspecified atom stereocenters. The molecule has 1 aliphatic heterocycles. The minimum absolute atomic E-state index is 0.142. The van der Waals surface area contributed by atoms with E-state index in [0.717, 1.165) is 10.8 Å². The lowest BCUT2D eigenvalue weighted by molar-refractivity contribution is -0.110. The van der Waals surface area contributed by atoms with Crippen LogP contribution in [0, 0.1) is 5.92 Å². The van der Waals surface area contributed by atoms with E-state index in [-0.39, 0.29) is 12.4 Å². The van der Waals surface area contributed by atoms with Crippen molar-refractivity contribution < 1.29 is 14.3 Å². The summed E-state index contributed by atoms with van der Waals surface area (Å²) in [7, 11) is 0. The molecule has 1 aliphatic rings. The van der Waals surface area contributed by atoms with Crippen LogP contribution in [0.4, 0.5) is 0 Å². The van der Waals surface area contributed by atoms with Gasteiger partial charge >= 0.3 is 0 Å². The smallest absolute Gasteiger partial charge is 0.180 e. The maximum absolute atomic E-state index is 12.0. The van der Waals surface area contributed by atoms with Crippen molar-refractivity contribution in [2.75, 3.05) is 6.61 Å². The van der Waals surface area contributed by atoms with Gasteiger partial charge in [0.15, 0.2) is 5.78 Å². The van der Waals surface area contributed by atoms with Gasteiger partial charge < -0.3 is 9.53 Å². The first-order valence-electron chi connectivity index (χ1n) is 5.45. The zero-order valence-electron chi connectivity index (χ0n) is 9.05. The third-order valence-electron chi connectivity index (χ3n) is 3.05. The molecule has 2 aromatic rings. The van der Waals surface area contributed by atoms with Crippen LogP contribution in [0.5, 0.6) is 5.75 Å². The Hall–Kier alpha value is -2.16. The van der Waals surface area contributed by atoms with Gasteiger partial charge in [-0.2, -0.15) is 0 Å². The largest absolute Gasteiger partial charge is 0.491 e. The molecular formula is C14H10O3. The van der Waals surface area contributed by atoms with Crippen molar-refractivity contribution in [3.05, 3.63) is 42.0 Å². The van der Waals surface area contributed by atoms with Crippen molar-refractivity contribution in [1.29, 1.82) is 0 Å². The van der Waals surface area contributed by atoms with E-state index in [4.69, 9.17) is 4.74 Å². The number of Topliss-reactive ketones (excluding diaryl/α,β-unsaturated/α-hetero) is 1. The van der Waals surface area contributed by atoms with Crippen molar-refractivity contribution in [3.63, 3.8) is 0 Å². The van der Waals surface area contributed by atoms with Crippen molar-refractivity contribution >= 4 is 22.8 Å². The van der Waals surface area contributed by atoms with Crippen LogP contribution in [-0.4, -0.2) is 18.7 Å². The molecule has 0 saturated carbocycles. The molecule has 0 spiro atoms. The highest BCUT2D eigenvalue weighted by molar-refractivity contribution is 6.11. The molecule has 0 aliphatic carbocycles. The number of hydrogen-bond acceptors (Lipinski definition) is 3. The Morgan fingerprint density at radius 2 is 2.00 bits per heavy atom. The maximum Gasteiger partial charge on any atom is 0.180 e. The summed E-state index contributed by atoms with van der Waals surface area (Å²) in [5.41, 5.74) is 0.507. The summed E-state index contributed by atoms with van der Waals surface area (Å²) in [5.74, 6) is -0.207. The number of carbonyl (C=O) groups is 2. The van der Waals surface area contributed by atoms with E-state index in [1.54, 1.807) is 6.07 Å². The third-order valence-corrected chi connectivity index (χ3v) is 3.05. The van der Waals surface area contributed by atoms with Gasteiger partial charge in [0.2, 0.25) is 0 Å². The number of fused-ring (bicyclic) bond motifs is 3. The number of carbonyl (C=O) groups excluding carboxylic acids is 2. The lowest BCUT2D eigenvalue weighted by atomic mass is 9.93. The molecule has 1 atom stereocenters. The number of rotatable bonds is 1. The van der Waals surface area contributed by atoms with E-state index in [2.05, 4.69) is 0 Å². The van der Waals surface area contributed by atoms with Crippen LogP contribution in [0.25, 0.3) is 10.8 Å². The second-order valence-electron chi connectivity index (χ2n) is 4.08. The van der Waals surface area contributed by atoms with Crippen LogP contribution in [0.3, 0.4) is 0 Å². The average molecular weight is 226 g/mol. The third kappa shape index (κ3) is 1.43. The Kier molecular flexibility index (Phi) is 2.18. The van der Waals surface area contributed by atoms with E-state index >= 15 is 0 Å². The molecule has 0 bridgehead atoms. The van der Waals surface area contributed by atoms with E-state index in [1.165, 1.54) is 0 Å². The van der Waals surface area contributed by atoms with Crippen molar-refractivity contribution in [1.82, 2.24) is 0 Å². The first kappa shape index (κ1) is 10.0. The van der Waals surface area contributed by atoms with Gasteiger partial charge in [0.05, 0.1) is 5.56 Å². The topological polar surface area (TPSA) is 43.4 Å². The summed E-state index contributed by atoms with van der Waals surface area (Å²) in [6.45, 7) is 0.142. The summed E-state index contributed by atoms with van der Waals surface area (Å²) in [5, 5.41) is 1.95. The summed E-state index contributed by atoms with van der Waals surface area (Å²) >= 11 is 0. The Morgan fingerprint density at radius 1 is 1.18 bits per heavy atom. The van der Waals surface area contributed by atoms with Crippen molar-refractivity contribution in [2.24, 2.45) is 5.92 Å². The summed E-state index contributed by atoms with van der Waals surface area (Å²) in [6.07, 6.45) is 0.653. The molecule has 3 nitrogen and oxygen atoms in total. The molecule has 0 fully saturated rings. The predicted octanol–water partition coefficient (Wildman–Crippen LogP) is 2.23. The summed E-state index contributed by atoms with van der Waals surface area (Å²) in [6, 6.07) is 11.3. The number of hydrogen-bond donors (Lipinski definition) is 0. The number of ether oxygens (including phenoxy) is 1. The van der Waals surface area contributed by atoms with Crippen molar-refractivity contribution in [2.45, 2.75) is 0 Å². The van der Waals surface area contributed by atoms with Crippen LogP contribution in [0.1, 0.15) is 10.4 Å². The second-order valence-corrected chi connectivity index (χ2v) is 4.08. The minimum atomic E-state index is -0.663. The minimum Gasteiger partial charge on any atom is -0.491 e. The normalized spacial score (nSPS) is 18.6. The van der Waals surface area contributed by atoms with Gasteiger partial charge in [-0.25, -0.2) is 0 Å². The highest BCUT2D eigenvalue weighted by atomic mass is 16.5. The second kappa shape index (κ2) is 3.70. The average Bonchev–Trinajstić information content (AvgIpc) is 2.39. The fraction of sp³-hybridized carbons (Fsp3) is 0.143. The number of benzene rings is 2. The lowest BCUT2D eigenvalue weighted by Gasteiger charge is -2.21. The lowest BCUT2D eigenvalue weighted by Crippen LogP contribution is -2.28. The van der Waals surface area contributed by atoms with Gasteiger partial charge in [-0.05, 0) is 11.5 Å². The van der Waals surface area contributed by atoms with Crippen LogP contribution in [-0.2, 0) is 4.79 Å². The highest BCUT2D eigenvalue weighted by Crippen LogP contribution is 2.34. The fourth-order valence-electron chi connectivity index (χ4n) is 2.14. The Labute approximate surface area is 98.0 Å². The van der Waals surface area contributed by atoms with Crippen molar-refractivity contribution in [3.8, 4) is 5.75 Å². The van der Waals surface area contributed by atoms with E-state index in [1.807, 2.05) is 30.3 Å². The Morgan fingerprint density at radius 3 is 2.82 bits per heavy atom. The Balaban J connectivity index is 2.26. The molecule has 0 saturated heterocycles. The van der Waals surface area contributed by atoms with Crippen LogP contribution in [0.15, 0.2) is 36.4 Å². The first-order chi connectivity index (χ1) is 8.31. The van der Waals surface area contributed by atoms with Crippen LogP contribution >= 0.6 is 0 Å². The molecule has 0 N–H and O–H groups in total. The first-order valence-corrected chi connectivity index (χ1v) is 5.45. The van der Waals surface area contributed by atoms with E-state index in [0.29, 0.717) is 17.6 Å². The molecule has 1 heterocycles. The van der Waals surface area contributed by atoms with Gasteiger partial charge in [-0.15, -0.1) is 0 Å². The van der Waals surface area contributed by atoms with Crippen LogP contribution in [0.2, 0.25) is 0 Å². The zero-order valence-corrected chi connectivity index (χ0v) is 9.05. The number of ketones is 1. The molecule has 0 radical (unpaired) electrons. The number of aldehydes is 1. The zero-order chi connectivity index (χ0) is 11.8. The van der Waals surface area contributed by atoms with E-state index < -0.39 is 5.92 Å². The maximum atomic E-state index is 12.0. The highest BCUT2D eigenvalue weighted by Gasteiger charge is 2.29. The van der Waals surface area contributed by atoms with Gasteiger partial charge in [-0.3, -0.25) is 4.79 Å². The quantitative estimate of drug-likeness (QED) is 0.553. The fourth-order valence-corrected chi connectivity index (χ4v) is 2.14. The SMILES string of the molecule is O=CC1COc2c(ccc3ccccc23)C1=O. The monoisotopic (exact) mass is 226 g/mol. The molecule has 3 heteroatoms. The van der Waals surface area contributed by atoms with Gasteiger partial charge in [-0.1, -0.05) is 30.3 Å². The standard InChI is InChI=1S/C14H10O3/c15-7-10-8-17-14-11-4-2-1-3-9(11)5-6-12(14)13(10)16/h1-7,10H,8H2. The van der Waals surface area contributed by atoms with Gasteiger partial charge in [0.1, 0.15) is 24.6 Å². The van der Waals surface area contributed by atoms with Gasteiger partial charge in [0, 0.05) is 5.39 Å². The molecule has 0 amide bonds. The van der Waals surface area contributed by atoms with E-state index in [9.17, 15) is 9.59 Å². The Bertz CT molecular complexity index is 616. The molecule has 3 rings (SSSR count). The summed E-state index contributed by atoms with van der Waals surface area (Å²) < 4.78 is 5.56. The predicted molar refractivity (Wildman–Crippen MR) is 63.3 cm³/mol. The molecule has 84 valence electrons. The summed E-state index contributed by atoms with van der Waals surface area (Å²) in [4.78, 5) is 22.7. The van der Waals surface area contributed by atoms with Gasteiger partial charge in [0.25, 0.3) is 0 Å². The molecular weight excluding hydrogens is 216 g/mol. The molecule has 2 aromatic carbocycles. The molecule has 0 aromatic heterocycles. The van der Waals surface area contributed by atoms with Crippen LogP contribution < -0.4 is 4.74 Å².